The minimum absolute atomic E-state index is 0.0900. The van der Waals surface area contributed by atoms with Gasteiger partial charge in [0.2, 0.25) is 0 Å². The summed E-state index contributed by atoms with van der Waals surface area (Å²) in [5.74, 6) is 0.365. The summed E-state index contributed by atoms with van der Waals surface area (Å²) < 4.78 is 32.7. The molecule has 0 aliphatic carbocycles. The molecule has 5 nitrogen and oxygen atoms in total. The highest BCUT2D eigenvalue weighted by atomic mass is 35.5. The van der Waals surface area contributed by atoms with Crippen molar-refractivity contribution in [2.24, 2.45) is 0 Å². The molecule has 0 saturated carbocycles. The molecule has 0 spiro atoms. The number of pyridine rings is 1. The fourth-order valence-corrected chi connectivity index (χ4v) is 2.96. The maximum absolute atomic E-state index is 12.4. The standard InChI is InChI=1S/C15H17ClN2O3S/c1-2-3-9-21-15-10-13(6-7-14(15)16)22(19,20)18-12-5-4-8-17-11-12/h4-8,10-11,18H,2-3,9H2,1H3. The van der Waals surface area contributed by atoms with Crippen molar-refractivity contribution in [2.45, 2.75) is 24.7 Å². The molecule has 7 heteroatoms. The molecule has 0 aliphatic rings. The van der Waals surface area contributed by atoms with Crippen LogP contribution in [0.1, 0.15) is 19.8 Å². The molecule has 0 aliphatic heterocycles. The molecule has 118 valence electrons. The minimum atomic E-state index is -3.71. The maximum Gasteiger partial charge on any atom is 0.262 e. The Morgan fingerprint density at radius 2 is 2.14 bits per heavy atom. The molecule has 2 aromatic rings. The Balaban J connectivity index is 2.22. The van der Waals surface area contributed by atoms with E-state index in [1.165, 1.54) is 24.4 Å². The number of halogens is 1. The summed E-state index contributed by atoms with van der Waals surface area (Å²) >= 11 is 6.04. The number of anilines is 1. The maximum atomic E-state index is 12.4. The number of aromatic nitrogens is 1. The van der Waals surface area contributed by atoms with E-state index in [1.807, 2.05) is 6.92 Å². The second kappa shape index (κ2) is 7.47. The highest BCUT2D eigenvalue weighted by molar-refractivity contribution is 7.92. The number of benzene rings is 1. The number of nitrogens with one attached hydrogen (secondary N) is 1. The first-order valence-electron chi connectivity index (χ1n) is 6.88. The summed E-state index contributed by atoms with van der Waals surface area (Å²) in [4.78, 5) is 3.96. The lowest BCUT2D eigenvalue weighted by Crippen LogP contribution is -2.13. The van der Waals surface area contributed by atoms with Crippen LogP contribution in [0.3, 0.4) is 0 Å². The van der Waals surface area contributed by atoms with Crippen LogP contribution < -0.4 is 9.46 Å². The number of hydrogen-bond acceptors (Lipinski definition) is 4. The second-order valence-corrected chi connectivity index (χ2v) is 6.73. The van der Waals surface area contributed by atoms with Crippen LogP contribution in [0.15, 0.2) is 47.6 Å². The number of unbranched alkanes of at least 4 members (excludes halogenated alkanes) is 1. The van der Waals surface area contributed by atoms with Crippen LogP contribution in [0.4, 0.5) is 5.69 Å². The zero-order chi connectivity index (χ0) is 16.0. The molecule has 1 N–H and O–H groups in total. The van der Waals surface area contributed by atoms with E-state index in [0.29, 0.717) is 23.1 Å². The highest BCUT2D eigenvalue weighted by Gasteiger charge is 2.16. The molecule has 22 heavy (non-hydrogen) atoms. The van der Waals surface area contributed by atoms with Crippen molar-refractivity contribution in [3.05, 3.63) is 47.7 Å². The molecule has 2 rings (SSSR count). The molecule has 0 fully saturated rings. The number of rotatable bonds is 7. The predicted molar refractivity (Wildman–Crippen MR) is 86.9 cm³/mol. The molecule has 0 amide bonds. The highest BCUT2D eigenvalue weighted by Crippen LogP contribution is 2.28. The summed E-state index contributed by atoms with van der Waals surface area (Å²) in [6.45, 7) is 2.54. The zero-order valence-electron chi connectivity index (χ0n) is 12.1. The van der Waals surface area contributed by atoms with Crippen LogP contribution in [0.5, 0.6) is 5.75 Å². The van der Waals surface area contributed by atoms with Gasteiger partial charge >= 0.3 is 0 Å². The van der Waals surface area contributed by atoms with Crippen molar-refractivity contribution in [1.29, 1.82) is 0 Å². The monoisotopic (exact) mass is 340 g/mol. The van der Waals surface area contributed by atoms with Crippen LogP contribution in [0.2, 0.25) is 5.02 Å². The summed E-state index contributed by atoms with van der Waals surface area (Å²) in [5.41, 5.74) is 0.394. The number of nitrogens with zero attached hydrogens (tertiary/aromatic N) is 1. The average molecular weight is 341 g/mol. The van der Waals surface area contributed by atoms with Gasteiger partial charge in [0.05, 0.1) is 28.4 Å². The summed E-state index contributed by atoms with van der Waals surface area (Å²) in [7, 11) is -3.71. The average Bonchev–Trinajstić information content (AvgIpc) is 2.50. The molecule has 0 saturated heterocycles. The largest absolute Gasteiger partial charge is 0.492 e. The van der Waals surface area contributed by atoms with Crippen molar-refractivity contribution in [3.8, 4) is 5.75 Å². The first kappa shape index (κ1) is 16.6. The molecule has 0 unspecified atom stereocenters. The lowest BCUT2D eigenvalue weighted by Gasteiger charge is -2.11. The van der Waals surface area contributed by atoms with Gasteiger partial charge in [-0.2, -0.15) is 0 Å². The van der Waals surface area contributed by atoms with Crippen molar-refractivity contribution >= 4 is 27.3 Å². The number of ether oxygens (including phenoxy) is 1. The van der Waals surface area contributed by atoms with Gasteiger partial charge < -0.3 is 4.74 Å². The van der Waals surface area contributed by atoms with E-state index >= 15 is 0 Å². The van der Waals surface area contributed by atoms with Gasteiger partial charge in [-0.25, -0.2) is 8.42 Å². The van der Waals surface area contributed by atoms with E-state index in [1.54, 1.807) is 18.3 Å². The van der Waals surface area contributed by atoms with E-state index in [4.69, 9.17) is 16.3 Å². The molecule has 1 heterocycles. The normalized spacial score (nSPS) is 11.2. The molecule has 1 aromatic heterocycles. The third kappa shape index (κ3) is 4.35. The van der Waals surface area contributed by atoms with E-state index in [9.17, 15) is 8.42 Å². The van der Waals surface area contributed by atoms with Gasteiger partial charge in [0.1, 0.15) is 5.75 Å². The topological polar surface area (TPSA) is 68.3 Å². The van der Waals surface area contributed by atoms with E-state index in [-0.39, 0.29) is 4.90 Å². The van der Waals surface area contributed by atoms with Crippen LogP contribution in [-0.2, 0) is 10.0 Å². The van der Waals surface area contributed by atoms with Crippen LogP contribution >= 0.6 is 11.6 Å². The molecule has 0 atom stereocenters. The second-order valence-electron chi connectivity index (χ2n) is 4.64. The van der Waals surface area contributed by atoms with E-state index in [0.717, 1.165) is 12.8 Å². The van der Waals surface area contributed by atoms with Crippen LogP contribution in [-0.4, -0.2) is 20.0 Å². The summed E-state index contributed by atoms with van der Waals surface area (Å²) in [5, 5.41) is 0.386. The van der Waals surface area contributed by atoms with Crippen molar-refractivity contribution < 1.29 is 13.2 Å². The lowest BCUT2D eigenvalue weighted by atomic mass is 10.3. The predicted octanol–water partition coefficient (Wildman–Crippen LogP) is 3.71. The molecule has 0 radical (unpaired) electrons. The fraction of sp³-hybridized carbons (Fsp3) is 0.267. The van der Waals surface area contributed by atoms with Gasteiger partial charge in [0.15, 0.2) is 0 Å². The van der Waals surface area contributed by atoms with Gasteiger partial charge in [-0.05, 0) is 30.7 Å². The Morgan fingerprint density at radius 1 is 1.32 bits per heavy atom. The lowest BCUT2D eigenvalue weighted by molar-refractivity contribution is 0.309. The van der Waals surface area contributed by atoms with Crippen molar-refractivity contribution in [1.82, 2.24) is 4.98 Å². The minimum Gasteiger partial charge on any atom is -0.492 e. The van der Waals surface area contributed by atoms with Crippen LogP contribution in [0, 0.1) is 0 Å². The molecular formula is C15H17ClN2O3S. The number of hydrogen-bond donors (Lipinski definition) is 1. The molecule has 0 bridgehead atoms. The summed E-state index contributed by atoms with van der Waals surface area (Å²) in [6.07, 6.45) is 4.87. The van der Waals surface area contributed by atoms with Gasteiger partial charge in [0.25, 0.3) is 10.0 Å². The van der Waals surface area contributed by atoms with E-state index in [2.05, 4.69) is 9.71 Å². The first-order chi connectivity index (χ1) is 10.5. The van der Waals surface area contributed by atoms with Gasteiger partial charge in [0, 0.05) is 12.3 Å². The first-order valence-corrected chi connectivity index (χ1v) is 8.74. The molecule has 1 aromatic carbocycles. The number of sulfonamides is 1. The Hall–Kier alpha value is -1.79. The fourth-order valence-electron chi connectivity index (χ4n) is 1.73. The Kier molecular flexibility index (Phi) is 5.63. The van der Waals surface area contributed by atoms with Crippen molar-refractivity contribution in [2.75, 3.05) is 11.3 Å². The smallest absolute Gasteiger partial charge is 0.262 e. The van der Waals surface area contributed by atoms with Crippen LogP contribution in [0.25, 0.3) is 0 Å². The Bertz CT molecular complexity index is 721. The Morgan fingerprint density at radius 3 is 2.82 bits per heavy atom. The van der Waals surface area contributed by atoms with Gasteiger partial charge in [-0.3, -0.25) is 9.71 Å². The quantitative estimate of drug-likeness (QED) is 0.780. The van der Waals surface area contributed by atoms with E-state index < -0.39 is 10.0 Å². The SMILES string of the molecule is CCCCOc1cc(S(=O)(=O)Nc2cccnc2)ccc1Cl. The molecular weight excluding hydrogens is 324 g/mol. The van der Waals surface area contributed by atoms with Gasteiger partial charge in [-0.1, -0.05) is 24.9 Å². The Labute approximate surface area is 135 Å². The third-order valence-corrected chi connectivity index (χ3v) is 4.57. The van der Waals surface area contributed by atoms with Crippen molar-refractivity contribution in [3.63, 3.8) is 0 Å². The third-order valence-electron chi connectivity index (χ3n) is 2.88. The van der Waals surface area contributed by atoms with Gasteiger partial charge in [-0.15, -0.1) is 0 Å². The zero-order valence-corrected chi connectivity index (χ0v) is 13.7. The summed E-state index contributed by atoms with van der Waals surface area (Å²) in [6, 6.07) is 7.66.